The summed E-state index contributed by atoms with van der Waals surface area (Å²) < 4.78 is 13.0. The maximum absolute atomic E-state index is 13.0. The molecule has 3 rings (SSSR count). The van der Waals surface area contributed by atoms with Gasteiger partial charge in [0.05, 0.1) is 16.3 Å². The van der Waals surface area contributed by atoms with E-state index in [1.807, 2.05) is 6.92 Å². The van der Waals surface area contributed by atoms with Crippen LogP contribution in [0.3, 0.4) is 0 Å². The van der Waals surface area contributed by atoms with Crippen molar-refractivity contribution >= 4 is 11.3 Å². The molecule has 1 N–H and O–H groups in total. The summed E-state index contributed by atoms with van der Waals surface area (Å²) in [6.07, 6.45) is 2.34. The van der Waals surface area contributed by atoms with Crippen molar-refractivity contribution in [1.82, 2.24) is 9.88 Å². The molecule has 0 saturated carbocycles. The van der Waals surface area contributed by atoms with Gasteiger partial charge in [-0.2, -0.15) is 0 Å². The first-order chi connectivity index (χ1) is 10.5. The average Bonchev–Trinajstić information content (AvgIpc) is 2.93. The van der Waals surface area contributed by atoms with Gasteiger partial charge in [-0.15, -0.1) is 11.3 Å². The number of rotatable bonds is 4. The Morgan fingerprint density at radius 2 is 1.95 bits per heavy atom. The Balaban J connectivity index is 1.54. The van der Waals surface area contributed by atoms with Crippen LogP contribution in [-0.4, -0.2) is 34.6 Å². The Bertz CT molecular complexity index is 618. The van der Waals surface area contributed by atoms with E-state index in [-0.39, 0.29) is 5.82 Å². The molecule has 1 aromatic carbocycles. The molecule has 1 aliphatic heterocycles. The molecule has 0 spiro atoms. The quantitative estimate of drug-likeness (QED) is 0.940. The average molecular weight is 320 g/mol. The second kappa shape index (κ2) is 6.44. The van der Waals surface area contributed by atoms with Gasteiger partial charge in [-0.3, -0.25) is 0 Å². The van der Waals surface area contributed by atoms with Gasteiger partial charge in [0.1, 0.15) is 5.82 Å². The largest absolute Gasteiger partial charge is 0.385 e. The van der Waals surface area contributed by atoms with Gasteiger partial charge in [-0.25, -0.2) is 9.37 Å². The summed E-state index contributed by atoms with van der Waals surface area (Å²) in [5.74, 6) is -0.261. The van der Waals surface area contributed by atoms with E-state index in [2.05, 4.69) is 15.3 Å². The Morgan fingerprint density at radius 1 is 1.27 bits per heavy atom. The topological polar surface area (TPSA) is 36.4 Å². The van der Waals surface area contributed by atoms with Crippen LogP contribution in [0.1, 0.15) is 29.1 Å². The Labute approximate surface area is 134 Å². The van der Waals surface area contributed by atoms with E-state index in [4.69, 9.17) is 0 Å². The summed E-state index contributed by atoms with van der Waals surface area (Å²) in [5, 5.41) is 14.0. The Morgan fingerprint density at radius 3 is 2.55 bits per heavy atom. The number of halogens is 1. The Hall–Kier alpha value is -1.30. The van der Waals surface area contributed by atoms with Crippen LogP contribution in [0.2, 0.25) is 0 Å². The van der Waals surface area contributed by atoms with Gasteiger partial charge >= 0.3 is 0 Å². The normalized spacial score (nSPS) is 18.5. The van der Waals surface area contributed by atoms with E-state index in [0.29, 0.717) is 12.8 Å². The van der Waals surface area contributed by atoms with Crippen molar-refractivity contribution < 1.29 is 9.50 Å². The number of likely N-dealkylation sites (tertiary alicyclic amines) is 1. The first kappa shape index (κ1) is 15.6. The summed E-state index contributed by atoms with van der Waals surface area (Å²) in [6, 6.07) is 6.24. The fraction of sp³-hybridized carbons (Fsp3) is 0.471. The van der Waals surface area contributed by atoms with Crippen molar-refractivity contribution in [2.45, 2.75) is 31.8 Å². The molecule has 0 amide bonds. The summed E-state index contributed by atoms with van der Waals surface area (Å²) >= 11 is 1.69. The number of aryl methyl sites for hydroxylation is 1. The predicted octanol–water partition coefficient (Wildman–Crippen LogP) is 3.12. The van der Waals surface area contributed by atoms with Crippen LogP contribution in [0, 0.1) is 12.7 Å². The van der Waals surface area contributed by atoms with Crippen molar-refractivity contribution in [3.05, 3.63) is 51.7 Å². The fourth-order valence-electron chi connectivity index (χ4n) is 2.99. The van der Waals surface area contributed by atoms with Crippen LogP contribution in [0.5, 0.6) is 0 Å². The van der Waals surface area contributed by atoms with Gasteiger partial charge < -0.3 is 10.0 Å². The molecule has 3 nitrogen and oxygen atoms in total. The number of aromatic nitrogens is 1. The standard InChI is InChI=1S/C17H21FN2OS/c1-13-19-16(12-22-13)6-9-20-10-7-17(21,8-11-20)14-2-4-15(18)5-3-14/h2-5,12,21H,6-11H2,1H3. The molecule has 5 heteroatoms. The summed E-state index contributed by atoms with van der Waals surface area (Å²) in [6.45, 7) is 4.72. The highest BCUT2D eigenvalue weighted by atomic mass is 32.1. The third-order valence-electron chi connectivity index (χ3n) is 4.42. The van der Waals surface area contributed by atoms with E-state index >= 15 is 0 Å². The van der Waals surface area contributed by atoms with Gasteiger partial charge in [0.25, 0.3) is 0 Å². The zero-order valence-corrected chi connectivity index (χ0v) is 13.6. The molecule has 0 radical (unpaired) electrons. The lowest BCUT2D eigenvalue weighted by Crippen LogP contribution is -2.43. The number of nitrogens with zero attached hydrogens (tertiary/aromatic N) is 2. The van der Waals surface area contributed by atoms with Gasteiger partial charge in [-0.05, 0) is 37.5 Å². The summed E-state index contributed by atoms with van der Waals surface area (Å²) in [5.41, 5.74) is 1.16. The van der Waals surface area contributed by atoms with Crippen molar-refractivity contribution in [1.29, 1.82) is 0 Å². The second-order valence-corrected chi connectivity index (χ2v) is 7.05. The van der Waals surface area contributed by atoms with E-state index < -0.39 is 5.60 Å². The molecule has 1 aliphatic rings. The molecule has 118 valence electrons. The highest BCUT2D eigenvalue weighted by Gasteiger charge is 2.33. The minimum atomic E-state index is -0.818. The lowest BCUT2D eigenvalue weighted by molar-refractivity contribution is -0.0256. The van der Waals surface area contributed by atoms with Crippen LogP contribution in [0.15, 0.2) is 29.6 Å². The smallest absolute Gasteiger partial charge is 0.123 e. The zero-order chi connectivity index (χ0) is 15.6. The van der Waals surface area contributed by atoms with Crippen molar-refractivity contribution in [3.63, 3.8) is 0 Å². The molecule has 22 heavy (non-hydrogen) atoms. The summed E-state index contributed by atoms with van der Waals surface area (Å²) in [7, 11) is 0. The summed E-state index contributed by atoms with van der Waals surface area (Å²) in [4.78, 5) is 6.85. The lowest BCUT2D eigenvalue weighted by Gasteiger charge is -2.38. The van der Waals surface area contributed by atoms with E-state index in [1.54, 1.807) is 23.5 Å². The first-order valence-corrected chi connectivity index (χ1v) is 8.55. The molecular weight excluding hydrogens is 299 g/mol. The molecule has 2 aromatic rings. The number of piperidine rings is 1. The molecular formula is C17H21FN2OS. The maximum atomic E-state index is 13.0. The van der Waals surface area contributed by atoms with Gasteiger partial charge in [0.2, 0.25) is 0 Å². The number of hydrogen-bond donors (Lipinski definition) is 1. The van der Waals surface area contributed by atoms with E-state index in [0.717, 1.165) is 42.3 Å². The molecule has 2 heterocycles. The molecule has 0 unspecified atom stereocenters. The fourth-order valence-corrected chi connectivity index (χ4v) is 3.64. The van der Waals surface area contributed by atoms with E-state index in [1.165, 1.54) is 12.1 Å². The molecule has 1 fully saturated rings. The molecule has 0 atom stereocenters. The van der Waals surface area contributed by atoms with Crippen LogP contribution in [0.25, 0.3) is 0 Å². The lowest BCUT2D eigenvalue weighted by atomic mass is 9.84. The van der Waals surface area contributed by atoms with Crippen LogP contribution in [-0.2, 0) is 12.0 Å². The third-order valence-corrected chi connectivity index (χ3v) is 5.24. The SMILES string of the molecule is Cc1nc(CCN2CCC(O)(c3ccc(F)cc3)CC2)cs1. The molecule has 0 bridgehead atoms. The first-order valence-electron chi connectivity index (χ1n) is 7.67. The number of aliphatic hydroxyl groups is 1. The van der Waals surface area contributed by atoms with Crippen molar-refractivity contribution in [2.75, 3.05) is 19.6 Å². The minimum absolute atomic E-state index is 0.261. The van der Waals surface area contributed by atoms with Crippen LogP contribution in [0.4, 0.5) is 4.39 Å². The van der Waals surface area contributed by atoms with Crippen molar-refractivity contribution in [3.8, 4) is 0 Å². The molecule has 1 aromatic heterocycles. The highest BCUT2D eigenvalue weighted by molar-refractivity contribution is 7.09. The molecule has 1 saturated heterocycles. The zero-order valence-electron chi connectivity index (χ0n) is 12.8. The van der Waals surface area contributed by atoms with Crippen LogP contribution >= 0.6 is 11.3 Å². The van der Waals surface area contributed by atoms with Gasteiger partial charge in [0, 0.05) is 31.4 Å². The van der Waals surface area contributed by atoms with E-state index in [9.17, 15) is 9.50 Å². The monoisotopic (exact) mass is 320 g/mol. The molecule has 0 aliphatic carbocycles. The highest BCUT2D eigenvalue weighted by Crippen LogP contribution is 2.32. The number of hydrogen-bond acceptors (Lipinski definition) is 4. The number of thiazole rings is 1. The number of benzene rings is 1. The minimum Gasteiger partial charge on any atom is -0.385 e. The Kier molecular flexibility index (Phi) is 4.57. The second-order valence-electron chi connectivity index (χ2n) is 5.99. The predicted molar refractivity (Wildman–Crippen MR) is 86.5 cm³/mol. The maximum Gasteiger partial charge on any atom is 0.123 e. The van der Waals surface area contributed by atoms with Crippen molar-refractivity contribution in [2.24, 2.45) is 0 Å². The third kappa shape index (κ3) is 3.54. The van der Waals surface area contributed by atoms with Crippen LogP contribution < -0.4 is 0 Å². The van der Waals surface area contributed by atoms with Gasteiger partial charge in [-0.1, -0.05) is 12.1 Å². The van der Waals surface area contributed by atoms with Gasteiger partial charge in [0.15, 0.2) is 0 Å².